The van der Waals surface area contributed by atoms with Crippen LogP contribution in [-0.4, -0.2) is 40.6 Å². The summed E-state index contributed by atoms with van der Waals surface area (Å²) in [6, 6.07) is 1.95. The Kier molecular flexibility index (Phi) is 5.50. The lowest BCUT2D eigenvalue weighted by molar-refractivity contribution is 0.0201. The first-order chi connectivity index (χ1) is 10.3. The molecular formula is C15H21BrN2O3S. The highest BCUT2D eigenvalue weighted by atomic mass is 79.9. The smallest absolute Gasteiger partial charge is 0.410 e. The Balaban J connectivity index is 1.97. The predicted molar refractivity (Wildman–Crippen MR) is 90.9 cm³/mol. The largest absolute Gasteiger partial charge is 0.444 e. The van der Waals surface area contributed by atoms with Crippen LogP contribution in [0.3, 0.4) is 0 Å². The SMILES string of the molecule is CC(C)(C)OC(=O)N1CCC(C(=NO)c2sccc2Br)CC1. The number of ether oxygens (including phenoxy) is 1. The number of carbonyl (C=O) groups is 1. The first kappa shape index (κ1) is 17.3. The Morgan fingerprint density at radius 3 is 2.55 bits per heavy atom. The lowest BCUT2D eigenvalue weighted by Gasteiger charge is -2.33. The van der Waals surface area contributed by atoms with Crippen LogP contribution >= 0.6 is 27.3 Å². The van der Waals surface area contributed by atoms with Gasteiger partial charge in [0, 0.05) is 23.5 Å². The lowest BCUT2D eigenvalue weighted by atomic mass is 9.91. The molecule has 1 aromatic heterocycles. The monoisotopic (exact) mass is 388 g/mol. The maximum absolute atomic E-state index is 12.1. The van der Waals surface area contributed by atoms with Crippen molar-refractivity contribution in [1.29, 1.82) is 0 Å². The van der Waals surface area contributed by atoms with Crippen molar-refractivity contribution >= 4 is 39.1 Å². The highest BCUT2D eigenvalue weighted by Gasteiger charge is 2.30. The summed E-state index contributed by atoms with van der Waals surface area (Å²) in [5.74, 6) is 0.152. The second-order valence-corrected chi connectivity index (χ2v) is 8.10. The summed E-state index contributed by atoms with van der Waals surface area (Å²) in [6.07, 6.45) is 1.26. The fourth-order valence-corrected chi connectivity index (χ4v) is 4.09. The van der Waals surface area contributed by atoms with Gasteiger partial charge in [-0.1, -0.05) is 5.16 Å². The van der Waals surface area contributed by atoms with Crippen LogP contribution < -0.4 is 0 Å². The molecule has 0 bridgehead atoms. The summed E-state index contributed by atoms with van der Waals surface area (Å²) in [6.45, 7) is 6.82. The van der Waals surface area contributed by atoms with Gasteiger partial charge in [-0.05, 0) is 61.0 Å². The number of halogens is 1. The molecule has 1 aromatic rings. The van der Waals surface area contributed by atoms with E-state index in [0.717, 1.165) is 22.2 Å². The van der Waals surface area contributed by atoms with Gasteiger partial charge >= 0.3 is 6.09 Å². The van der Waals surface area contributed by atoms with Crippen LogP contribution in [0.5, 0.6) is 0 Å². The van der Waals surface area contributed by atoms with E-state index in [1.54, 1.807) is 16.2 Å². The molecular weight excluding hydrogens is 368 g/mol. The number of piperidine rings is 1. The van der Waals surface area contributed by atoms with Gasteiger partial charge in [0.25, 0.3) is 0 Å². The highest BCUT2D eigenvalue weighted by molar-refractivity contribution is 9.10. The molecule has 2 heterocycles. The summed E-state index contributed by atoms with van der Waals surface area (Å²) in [5.41, 5.74) is 0.221. The molecule has 122 valence electrons. The van der Waals surface area contributed by atoms with E-state index < -0.39 is 5.60 Å². The zero-order valence-electron chi connectivity index (χ0n) is 13.0. The Hall–Kier alpha value is -1.08. The number of hydrogen-bond acceptors (Lipinski definition) is 5. The van der Waals surface area contributed by atoms with Crippen LogP contribution in [-0.2, 0) is 4.74 Å². The summed E-state index contributed by atoms with van der Waals surface area (Å²) in [4.78, 5) is 14.7. The molecule has 0 radical (unpaired) electrons. The molecule has 0 aromatic carbocycles. The van der Waals surface area contributed by atoms with Crippen molar-refractivity contribution in [1.82, 2.24) is 4.90 Å². The van der Waals surface area contributed by atoms with Gasteiger partial charge in [0.2, 0.25) is 0 Å². The molecule has 1 fully saturated rings. The van der Waals surface area contributed by atoms with Crippen LogP contribution in [0.15, 0.2) is 21.1 Å². The predicted octanol–water partition coefficient (Wildman–Crippen LogP) is 4.34. The number of thiophene rings is 1. The highest BCUT2D eigenvalue weighted by Crippen LogP contribution is 2.30. The molecule has 0 atom stereocenters. The minimum absolute atomic E-state index is 0.152. The number of rotatable bonds is 2. The zero-order valence-corrected chi connectivity index (χ0v) is 15.4. The molecule has 22 heavy (non-hydrogen) atoms. The molecule has 1 aliphatic rings. The van der Waals surface area contributed by atoms with Crippen molar-refractivity contribution in [3.05, 3.63) is 20.8 Å². The maximum atomic E-state index is 12.1. The molecule has 0 spiro atoms. The molecule has 2 rings (SSSR count). The first-order valence-corrected chi connectivity index (χ1v) is 8.92. The van der Waals surface area contributed by atoms with Crippen molar-refractivity contribution in [2.75, 3.05) is 13.1 Å². The van der Waals surface area contributed by atoms with Gasteiger partial charge in [-0.15, -0.1) is 11.3 Å². The van der Waals surface area contributed by atoms with Crippen LogP contribution in [0.2, 0.25) is 0 Å². The van der Waals surface area contributed by atoms with Crippen LogP contribution in [0.25, 0.3) is 0 Å². The van der Waals surface area contributed by atoms with Gasteiger partial charge in [-0.2, -0.15) is 0 Å². The first-order valence-electron chi connectivity index (χ1n) is 7.25. The normalized spacial score (nSPS) is 17.6. The number of nitrogens with zero attached hydrogens (tertiary/aromatic N) is 2. The van der Waals surface area contributed by atoms with E-state index >= 15 is 0 Å². The zero-order chi connectivity index (χ0) is 16.3. The third kappa shape index (κ3) is 4.23. The molecule has 1 aliphatic heterocycles. The van der Waals surface area contributed by atoms with Crippen LogP contribution in [0, 0.1) is 5.92 Å². The second kappa shape index (κ2) is 7.00. The van der Waals surface area contributed by atoms with Crippen molar-refractivity contribution in [2.24, 2.45) is 11.1 Å². The Labute approximate surface area is 143 Å². The van der Waals surface area contributed by atoms with E-state index in [9.17, 15) is 10.0 Å². The standard InChI is InChI=1S/C15H21BrN2O3S/c1-15(2,3)21-14(19)18-7-4-10(5-8-18)12(17-20)13-11(16)6-9-22-13/h6,9-10,20H,4-5,7-8H2,1-3H3. The van der Waals surface area contributed by atoms with E-state index in [1.807, 2.05) is 32.2 Å². The fraction of sp³-hybridized carbons (Fsp3) is 0.600. The van der Waals surface area contributed by atoms with Gasteiger partial charge in [0.1, 0.15) is 11.3 Å². The van der Waals surface area contributed by atoms with E-state index in [1.165, 1.54) is 0 Å². The van der Waals surface area contributed by atoms with Crippen molar-refractivity contribution in [2.45, 2.75) is 39.2 Å². The van der Waals surface area contributed by atoms with E-state index in [2.05, 4.69) is 21.1 Å². The molecule has 0 aliphatic carbocycles. The molecule has 0 unspecified atom stereocenters. The average Bonchev–Trinajstić information content (AvgIpc) is 2.85. The molecule has 1 amide bonds. The molecule has 1 N–H and O–H groups in total. The number of likely N-dealkylation sites (tertiary alicyclic amines) is 1. The Bertz CT molecular complexity index is 557. The fourth-order valence-electron chi connectivity index (χ4n) is 2.45. The van der Waals surface area contributed by atoms with Gasteiger partial charge < -0.3 is 14.8 Å². The number of hydrogen-bond donors (Lipinski definition) is 1. The summed E-state index contributed by atoms with van der Waals surface area (Å²) >= 11 is 5.02. The van der Waals surface area contributed by atoms with Crippen molar-refractivity contribution in [3.8, 4) is 0 Å². The number of amides is 1. The van der Waals surface area contributed by atoms with Crippen LogP contribution in [0.4, 0.5) is 4.79 Å². The quantitative estimate of drug-likeness (QED) is 0.465. The molecule has 5 nitrogen and oxygen atoms in total. The van der Waals surface area contributed by atoms with Gasteiger partial charge in [0.15, 0.2) is 0 Å². The third-order valence-corrected chi connectivity index (χ3v) is 5.35. The number of carbonyl (C=O) groups excluding carboxylic acids is 1. The second-order valence-electron chi connectivity index (χ2n) is 6.32. The average molecular weight is 389 g/mol. The molecule has 1 saturated heterocycles. The van der Waals surface area contributed by atoms with Crippen molar-refractivity contribution in [3.63, 3.8) is 0 Å². The van der Waals surface area contributed by atoms with E-state index in [4.69, 9.17) is 4.74 Å². The lowest BCUT2D eigenvalue weighted by Crippen LogP contribution is -2.43. The summed E-state index contributed by atoms with van der Waals surface area (Å²) in [5, 5.41) is 14.8. The summed E-state index contributed by atoms with van der Waals surface area (Å²) in [7, 11) is 0. The van der Waals surface area contributed by atoms with Gasteiger partial charge in [-0.25, -0.2) is 4.79 Å². The molecule has 0 saturated carbocycles. The topological polar surface area (TPSA) is 62.1 Å². The minimum atomic E-state index is -0.479. The van der Waals surface area contributed by atoms with Crippen molar-refractivity contribution < 1.29 is 14.7 Å². The third-order valence-electron chi connectivity index (χ3n) is 3.49. The Morgan fingerprint density at radius 2 is 2.09 bits per heavy atom. The minimum Gasteiger partial charge on any atom is -0.444 e. The van der Waals surface area contributed by atoms with E-state index in [-0.39, 0.29) is 12.0 Å². The van der Waals surface area contributed by atoms with Gasteiger partial charge in [-0.3, -0.25) is 0 Å². The van der Waals surface area contributed by atoms with Crippen LogP contribution in [0.1, 0.15) is 38.5 Å². The summed E-state index contributed by atoms with van der Waals surface area (Å²) < 4.78 is 6.34. The van der Waals surface area contributed by atoms with E-state index in [0.29, 0.717) is 18.8 Å². The molecule has 7 heteroatoms. The maximum Gasteiger partial charge on any atom is 0.410 e. The van der Waals surface area contributed by atoms with Gasteiger partial charge in [0.05, 0.1) is 4.88 Å². The Morgan fingerprint density at radius 1 is 1.45 bits per heavy atom. The number of oxime groups is 1.